The van der Waals surface area contributed by atoms with Crippen molar-refractivity contribution in [3.63, 3.8) is 0 Å². The Morgan fingerprint density at radius 2 is 2.20 bits per heavy atom. The zero-order valence-electron chi connectivity index (χ0n) is 9.84. The van der Waals surface area contributed by atoms with Crippen LogP contribution < -0.4 is 5.73 Å². The van der Waals surface area contributed by atoms with Gasteiger partial charge in [-0.15, -0.1) is 0 Å². The average molecular weight is 213 g/mol. The molecule has 1 rings (SSSR count). The summed E-state index contributed by atoms with van der Waals surface area (Å²) < 4.78 is 14.8. The van der Waals surface area contributed by atoms with Crippen molar-refractivity contribution < 1.29 is 22.9 Å². The van der Waals surface area contributed by atoms with Gasteiger partial charge in [-0.2, -0.15) is 0 Å². The number of benzene rings is 1. The maximum Gasteiger partial charge on any atom is 0.320 e. The van der Waals surface area contributed by atoms with Gasteiger partial charge in [-0.25, -0.2) is 0 Å². The van der Waals surface area contributed by atoms with Gasteiger partial charge in [0.15, 0.2) is 11.5 Å². The lowest BCUT2D eigenvalue weighted by molar-refractivity contribution is -0.138. The number of carboxylic acids is 1. The Kier molecular flexibility index (Phi) is 2.65. The lowest BCUT2D eigenvalue weighted by Gasteiger charge is -2.06. The second-order valence-corrected chi connectivity index (χ2v) is 2.99. The number of hydrogen-bond donors (Lipinski definition) is 4. The minimum absolute atomic E-state index is 0.111. The van der Waals surface area contributed by atoms with Crippen LogP contribution in [0.4, 0.5) is 0 Å². The number of aliphatic carboxylic acids is 1. The summed E-state index contributed by atoms with van der Waals surface area (Å²) in [6, 6.07) is 1.44. The molecule has 0 amide bonds. The van der Waals surface area contributed by atoms with E-state index in [4.69, 9.17) is 18.7 Å². The van der Waals surface area contributed by atoms with Gasteiger partial charge in [0, 0.05) is 1.37 Å². The third-order valence-electron chi connectivity index (χ3n) is 1.84. The average Bonchev–Trinajstić information content (AvgIpc) is 2.23. The van der Waals surface area contributed by atoms with Crippen molar-refractivity contribution in [2.75, 3.05) is 0 Å². The quantitative estimate of drug-likeness (QED) is 0.543. The first-order chi connectivity index (χ1) is 7.75. The fourth-order valence-corrected chi connectivity index (χ4v) is 1.01. The first-order valence-electron chi connectivity index (χ1n) is 5.28. The number of aryl methyl sites for hydroxylation is 1. The molecule has 0 aliphatic rings. The molecule has 0 heterocycles. The molecule has 2 atom stereocenters. The van der Waals surface area contributed by atoms with E-state index in [-0.39, 0.29) is 17.9 Å². The van der Waals surface area contributed by atoms with E-state index >= 15 is 0 Å². The third-order valence-corrected chi connectivity index (χ3v) is 1.84. The molecule has 1 unspecified atom stereocenters. The SMILES string of the molecule is [2H][C@@H](Cc1ccc(O)c(O)c1)C([2H])(N)C(=O)O. The molecule has 0 bridgehead atoms. The molecule has 0 radical (unpaired) electrons. The molecule has 0 saturated carbocycles. The van der Waals surface area contributed by atoms with E-state index in [1.54, 1.807) is 0 Å². The molecule has 5 heteroatoms. The van der Waals surface area contributed by atoms with Gasteiger partial charge in [0.05, 0.1) is 1.37 Å². The summed E-state index contributed by atoms with van der Waals surface area (Å²) in [6.45, 7) is 0. The van der Waals surface area contributed by atoms with Gasteiger partial charge in [-0.05, 0) is 30.5 Å². The van der Waals surface area contributed by atoms with Gasteiger partial charge in [0.1, 0.15) is 6.02 Å². The van der Waals surface area contributed by atoms with Gasteiger partial charge < -0.3 is 21.1 Å². The summed E-state index contributed by atoms with van der Waals surface area (Å²) >= 11 is 0. The van der Waals surface area contributed by atoms with Crippen molar-refractivity contribution >= 4 is 5.97 Å². The fourth-order valence-electron chi connectivity index (χ4n) is 1.01. The van der Waals surface area contributed by atoms with Crippen LogP contribution in [0.2, 0.25) is 0 Å². The van der Waals surface area contributed by atoms with Crippen LogP contribution in [0.3, 0.4) is 0 Å². The highest BCUT2D eigenvalue weighted by Crippen LogP contribution is 2.25. The maximum atomic E-state index is 10.7. The molecule has 1 aromatic carbocycles. The highest BCUT2D eigenvalue weighted by molar-refractivity contribution is 5.73. The molecular formula is C10H13NO4. The second kappa shape index (κ2) is 4.65. The van der Waals surface area contributed by atoms with Crippen LogP contribution >= 0.6 is 0 Å². The number of phenols is 2. The van der Waals surface area contributed by atoms with Crippen LogP contribution in [0.15, 0.2) is 18.2 Å². The molecule has 15 heavy (non-hydrogen) atoms. The van der Waals surface area contributed by atoms with E-state index in [9.17, 15) is 9.90 Å². The first kappa shape index (κ1) is 8.55. The lowest BCUT2D eigenvalue weighted by Crippen LogP contribution is -2.30. The Bertz CT molecular complexity index is 436. The van der Waals surface area contributed by atoms with Crippen molar-refractivity contribution in [1.82, 2.24) is 0 Å². The molecular weight excluding hydrogens is 198 g/mol. The summed E-state index contributed by atoms with van der Waals surface area (Å²) in [6.07, 6.45) is -1.50. The maximum absolute atomic E-state index is 10.7. The van der Waals surface area contributed by atoms with E-state index in [1.165, 1.54) is 18.2 Å². The van der Waals surface area contributed by atoms with Crippen LogP contribution in [0.1, 0.15) is 14.7 Å². The molecule has 0 aromatic heterocycles. The number of aromatic hydroxyl groups is 2. The number of carbonyl (C=O) groups is 1. The number of nitrogens with two attached hydrogens (primary N) is 1. The van der Waals surface area contributed by atoms with E-state index in [0.717, 1.165) is 0 Å². The summed E-state index contributed by atoms with van der Waals surface area (Å²) in [7, 11) is 0. The molecule has 0 aliphatic heterocycles. The van der Waals surface area contributed by atoms with Crippen molar-refractivity contribution in [3.8, 4) is 11.5 Å². The van der Waals surface area contributed by atoms with Crippen molar-refractivity contribution in [3.05, 3.63) is 23.8 Å². The molecule has 5 N–H and O–H groups in total. The van der Waals surface area contributed by atoms with Gasteiger partial charge in [-0.1, -0.05) is 6.07 Å². The third kappa shape index (κ3) is 3.14. The molecule has 0 saturated heterocycles. The summed E-state index contributed by atoms with van der Waals surface area (Å²) in [4.78, 5) is 10.7. The van der Waals surface area contributed by atoms with Crippen molar-refractivity contribution in [1.29, 1.82) is 0 Å². The number of phenolic OH excluding ortho intramolecular Hbond substituents is 2. The zero-order chi connectivity index (χ0) is 13.2. The van der Waals surface area contributed by atoms with Gasteiger partial charge in [0.2, 0.25) is 0 Å². The van der Waals surface area contributed by atoms with Gasteiger partial charge >= 0.3 is 5.97 Å². The standard InChI is InChI=1S/C10H13NO4/c11-7(10(14)15)3-1-6-2-4-8(12)9(13)5-6/h2,4-5,7,12-13H,1,3,11H2,(H,14,15)/i3D,7D/t3-,7?/m0/s1. The summed E-state index contributed by atoms with van der Waals surface area (Å²) in [5.74, 6) is -2.25. The topological polar surface area (TPSA) is 104 Å². The van der Waals surface area contributed by atoms with Crippen LogP contribution in [-0.4, -0.2) is 27.3 Å². The summed E-state index contributed by atoms with van der Waals surface area (Å²) in [5.41, 5.74) is 5.61. The molecule has 0 fully saturated rings. The number of hydrogen-bond acceptors (Lipinski definition) is 4. The molecule has 0 spiro atoms. The number of rotatable bonds is 4. The van der Waals surface area contributed by atoms with E-state index in [1.807, 2.05) is 0 Å². The van der Waals surface area contributed by atoms with Crippen LogP contribution in [-0.2, 0) is 11.2 Å². The minimum atomic E-state index is -2.41. The van der Waals surface area contributed by atoms with Gasteiger partial charge in [-0.3, -0.25) is 4.79 Å². The van der Waals surface area contributed by atoms with E-state index < -0.39 is 18.4 Å². The lowest BCUT2D eigenvalue weighted by atomic mass is 10.1. The Labute approximate surface area is 89.6 Å². The molecule has 0 aliphatic carbocycles. The Balaban J connectivity index is 2.84. The van der Waals surface area contributed by atoms with Crippen LogP contribution in [0.5, 0.6) is 11.5 Å². The van der Waals surface area contributed by atoms with Crippen molar-refractivity contribution in [2.45, 2.75) is 18.8 Å². The van der Waals surface area contributed by atoms with E-state index in [2.05, 4.69) is 0 Å². The highest BCUT2D eigenvalue weighted by Gasteiger charge is 2.11. The normalized spacial score (nSPS) is 18.5. The molecule has 1 aromatic rings. The molecule has 82 valence electrons. The summed E-state index contributed by atoms with van der Waals surface area (Å²) in [5, 5.41) is 27.0. The first-order valence-corrected chi connectivity index (χ1v) is 4.20. The number of carboxylic acid groups (broad SMARTS) is 1. The Morgan fingerprint density at radius 3 is 2.73 bits per heavy atom. The van der Waals surface area contributed by atoms with Crippen LogP contribution in [0, 0.1) is 0 Å². The van der Waals surface area contributed by atoms with E-state index in [0.29, 0.717) is 5.56 Å². The monoisotopic (exact) mass is 213 g/mol. The largest absolute Gasteiger partial charge is 0.504 e. The second-order valence-electron chi connectivity index (χ2n) is 2.99. The molecule has 5 nitrogen and oxygen atoms in total. The van der Waals surface area contributed by atoms with Crippen molar-refractivity contribution in [2.24, 2.45) is 5.73 Å². The van der Waals surface area contributed by atoms with Gasteiger partial charge in [0.25, 0.3) is 0 Å². The fraction of sp³-hybridized carbons (Fsp3) is 0.300. The smallest absolute Gasteiger partial charge is 0.320 e. The van der Waals surface area contributed by atoms with Crippen LogP contribution in [0.25, 0.3) is 0 Å². The Morgan fingerprint density at radius 1 is 1.53 bits per heavy atom. The minimum Gasteiger partial charge on any atom is -0.504 e. The highest BCUT2D eigenvalue weighted by atomic mass is 16.4. The zero-order valence-corrected chi connectivity index (χ0v) is 7.84. The Hall–Kier alpha value is -1.75. The predicted octanol–water partition coefficient (Wildman–Crippen LogP) is 0.442. The predicted molar refractivity (Wildman–Crippen MR) is 53.7 cm³/mol.